The van der Waals surface area contributed by atoms with Crippen molar-refractivity contribution in [2.24, 2.45) is 0 Å². The fourth-order valence-corrected chi connectivity index (χ4v) is 3.98. The van der Waals surface area contributed by atoms with Crippen molar-refractivity contribution in [1.29, 1.82) is 0 Å². The van der Waals surface area contributed by atoms with Crippen molar-refractivity contribution in [1.82, 2.24) is 0 Å². The molecule has 0 heterocycles. The molecule has 0 aliphatic heterocycles. The van der Waals surface area contributed by atoms with Crippen molar-refractivity contribution >= 4 is 0 Å². The van der Waals surface area contributed by atoms with Crippen molar-refractivity contribution in [2.45, 2.75) is 70.6 Å². The molecule has 0 bridgehead atoms. The van der Waals surface area contributed by atoms with Gasteiger partial charge in [-0.15, -0.1) is 0 Å². The number of unbranched alkanes of at least 4 members (excludes halogenated alkanes) is 1. The van der Waals surface area contributed by atoms with Gasteiger partial charge >= 0.3 is 0 Å². The monoisotopic (exact) mass is 350 g/mol. The first-order valence-corrected chi connectivity index (χ1v) is 10.3. The molecule has 0 saturated carbocycles. The molecule has 1 aliphatic rings. The third-order valence-electron chi connectivity index (χ3n) is 5.59. The minimum atomic E-state index is -0.0318. The van der Waals surface area contributed by atoms with Crippen molar-refractivity contribution in [3.63, 3.8) is 0 Å². The summed E-state index contributed by atoms with van der Waals surface area (Å²) in [6.07, 6.45) is 12.2. The highest BCUT2D eigenvalue weighted by Gasteiger charge is 2.20. The van der Waals surface area contributed by atoms with E-state index in [0.717, 1.165) is 49.7 Å². The first-order chi connectivity index (χ1) is 12.7. The number of benzene rings is 2. The van der Waals surface area contributed by atoms with Gasteiger partial charge in [0.25, 0.3) is 0 Å². The molecule has 0 spiro atoms. The average molecular weight is 351 g/mol. The molecule has 0 N–H and O–H groups in total. The lowest BCUT2D eigenvalue weighted by atomic mass is 9.81. The maximum Gasteiger partial charge on any atom is 0.127 e. The van der Waals surface area contributed by atoms with Gasteiger partial charge in [0.1, 0.15) is 5.82 Å². The maximum atomic E-state index is 14.6. The summed E-state index contributed by atoms with van der Waals surface area (Å²) in [5, 5.41) is 0. The second-order valence-electron chi connectivity index (χ2n) is 7.63. The zero-order chi connectivity index (χ0) is 18.4. The largest absolute Gasteiger partial charge is 0.207 e. The normalized spacial score (nSPS) is 19.7. The number of hydrogen-bond acceptors (Lipinski definition) is 0. The molecule has 0 saturated heterocycles. The Bertz CT molecular complexity index is 726. The first-order valence-electron chi connectivity index (χ1n) is 10.3. The minimum absolute atomic E-state index is 0.0318. The van der Waals surface area contributed by atoms with Gasteiger partial charge in [-0.2, -0.15) is 0 Å². The van der Waals surface area contributed by atoms with E-state index in [1.54, 1.807) is 6.07 Å². The van der Waals surface area contributed by atoms with Crippen molar-refractivity contribution in [3.05, 3.63) is 82.7 Å². The van der Waals surface area contributed by atoms with E-state index in [2.05, 4.69) is 56.3 Å². The molecule has 138 valence electrons. The minimum Gasteiger partial charge on any atom is -0.207 e. The van der Waals surface area contributed by atoms with E-state index in [4.69, 9.17) is 0 Å². The molecule has 2 atom stereocenters. The average Bonchev–Trinajstić information content (AvgIpc) is 2.68. The molecule has 1 aliphatic carbocycles. The third kappa shape index (κ3) is 4.63. The highest BCUT2D eigenvalue weighted by molar-refractivity contribution is 5.34. The Morgan fingerprint density at radius 3 is 2.12 bits per heavy atom. The van der Waals surface area contributed by atoms with Crippen LogP contribution in [0.1, 0.15) is 80.0 Å². The summed E-state index contributed by atoms with van der Waals surface area (Å²) in [5.41, 5.74) is 4.78. The highest BCUT2D eigenvalue weighted by Crippen LogP contribution is 2.36. The molecule has 0 amide bonds. The SMILES string of the molecule is CCCCc1ccc(C2C=CC(c3ccc(CCC)cc3)CC2)c(F)c1. The molecule has 0 nitrogen and oxygen atoms in total. The zero-order valence-electron chi connectivity index (χ0n) is 16.2. The Balaban J connectivity index is 1.67. The van der Waals surface area contributed by atoms with Crippen molar-refractivity contribution < 1.29 is 4.39 Å². The van der Waals surface area contributed by atoms with Crippen molar-refractivity contribution in [2.75, 3.05) is 0 Å². The Morgan fingerprint density at radius 1 is 0.808 bits per heavy atom. The number of halogens is 1. The van der Waals surface area contributed by atoms with E-state index < -0.39 is 0 Å². The van der Waals surface area contributed by atoms with E-state index >= 15 is 0 Å². The fourth-order valence-electron chi connectivity index (χ4n) is 3.98. The first kappa shape index (κ1) is 18.9. The Morgan fingerprint density at radius 2 is 1.50 bits per heavy atom. The molecule has 26 heavy (non-hydrogen) atoms. The molecule has 2 unspecified atom stereocenters. The van der Waals surface area contributed by atoms with Gasteiger partial charge in [0, 0.05) is 11.8 Å². The van der Waals surface area contributed by atoms with Crippen molar-refractivity contribution in [3.8, 4) is 0 Å². The summed E-state index contributed by atoms with van der Waals surface area (Å²) >= 11 is 0. The molecule has 1 heteroatoms. The summed E-state index contributed by atoms with van der Waals surface area (Å²) < 4.78 is 14.6. The van der Waals surface area contributed by atoms with Gasteiger partial charge in [0.05, 0.1) is 0 Å². The van der Waals surface area contributed by atoms with E-state index in [-0.39, 0.29) is 11.7 Å². The summed E-state index contributed by atoms with van der Waals surface area (Å²) in [5.74, 6) is 0.648. The van der Waals surface area contributed by atoms with Gasteiger partial charge in [0.2, 0.25) is 0 Å². The fraction of sp³-hybridized carbons (Fsp3) is 0.440. The van der Waals surface area contributed by atoms with Crippen LogP contribution in [0, 0.1) is 5.82 Å². The second-order valence-corrected chi connectivity index (χ2v) is 7.63. The number of hydrogen-bond donors (Lipinski definition) is 0. The number of aryl methyl sites for hydroxylation is 2. The van der Waals surface area contributed by atoms with Crippen LogP contribution in [-0.2, 0) is 12.8 Å². The van der Waals surface area contributed by atoms with Gasteiger partial charge in [0.15, 0.2) is 0 Å². The summed E-state index contributed by atoms with van der Waals surface area (Å²) in [4.78, 5) is 0. The van der Waals surface area contributed by atoms with E-state index in [0.29, 0.717) is 5.92 Å². The molecule has 2 aromatic rings. The smallest absolute Gasteiger partial charge is 0.127 e. The lowest BCUT2D eigenvalue weighted by Crippen LogP contribution is -2.08. The molecular weight excluding hydrogens is 319 g/mol. The third-order valence-corrected chi connectivity index (χ3v) is 5.59. The topological polar surface area (TPSA) is 0 Å². The quantitative estimate of drug-likeness (QED) is 0.458. The van der Waals surface area contributed by atoms with Crippen LogP contribution in [0.25, 0.3) is 0 Å². The summed E-state index contributed by atoms with van der Waals surface area (Å²) in [6, 6.07) is 14.9. The van der Waals surface area contributed by atoms with Crippen LogP contribution in [-0.4, -0.2) is 0 Å². The molecule has 0 fully saturated rings. The van der Waals surface area contributed by atoms with Crippen LogP contribution in [0.15, 0.2) is 54.6 Å². The second kappa shape index (κ2) is 9.16. The lowest BCUT2D eigenvalue weighted by molar-refractivity contribution is 0.554. The van der Waals surface area contributed by atoms with Gasteiger partial charge in [-0.25, -0.2) is 4.39 Å². The van der Waals surface area contributed by atoms with E-state index in [1.807, 2.05) is 6.07 Å². The molecule has 3 rings (SSSR count). The Labute approximate surface area is 158 Å². The van der Waals surface area contributed by atoms with E-state index in [9.17, 15) is 4.39 Å². The van der Waals surface area contributed by atoms with Gasteiger partial charge < -0.3 is 0 Å². The van der Waals surface area contributed by atoms with Gasteiger partial charge in [-0.1, -0.05) is 75.2 Å². The molecule has 0 aromatic heterocycles. The summed E-state index contributed by atoms with van der Waals surface area (Å²) in [6.45, 7) is 4.39. The van der Waals surface area contributed by atoms with Crippen LogP contribution in [0.2, 0.25) is 0 Å². The van der Waals surface area contributed by atoms with Crippen LogP contribution < -0.4 is 0 Å². The summed E-state index contributed by atoms with van der Waals surface area (Å²) in [7, 11) is 0. The molecule has 2 aromatic carbocycles. The highest BCUT2D eigenvalue weighted by atomic mass is 19.1. The van der Waals surface area contributed by atoms with Crippen LogP contribution in [0.4, 0.5) is 4.39 Å². The maximum absolute atomic E-state index is 14.6. The predicted octanol–water partition coefficient (Wildman–Crippen LogP) is 7.34. The number of allylic oxidation sites excluding steroid dienone is 2. The zero-order valence-corrected chi connectivity index (χ0v) is 16.2. The van der Waals surface area contributed by atoms with Crippen LogP contribution in [0.5, 0.6) is 0 Å². The van der Waals surface area contributed by atoms with Gasteiger partial charge in [-0.05, 0) is 60.4 Å². The standard InChI is InChI=1S/C25H31F/c1-3-5-7-20-10-17-24(25(26)18-20)23-15-13-22(14-16-23)21-11-8-19(6-4-2)9-12-21/h8-13,15,17-18,22-23H,3-7,14,16H2,1-2H3. The predicted molar refractivity (Wildman–Crippen MR) is 109 cm³/mol. The Hall–Kier alpha value is -1.89. The lowest BCUT2D eigenvalue weighted by Gasteiger charge is -2.24. The Kier molecular flexibility index (Phi) is 6.66. The van der Waals surface area contributed by atoms with Gasteiger partial charge in [-0.3, -0.25) is 0 Å². The van der Waals surface area contributed by atoms with E-state index in [1.165, 1.54) is 17.5 Å². The van der Waals surface area contributed by atoms with Crippen LogP contribution in [0.3, 0.4) is 0 Å². The number of rotatable bonds is 7. The molecule has 0 radical (unpaired) electrons. The van der Waals surface area contributed by atoms with Crippen LogP contribution >= 0.6 is 0 Å². The molecular formula is C25H31F.